The van der Waals surface area contributed by atoms with Crippen molar-refractivity contribution in [2.24, 2.45) is 17.1 Å². The molecule has 1 aliphatic carbocycles. The summed E-state index contributed by atoms with van der Waals surface area (Å²) in [6.07, 6.45) is 4.29. The molecule has 0 radical (unpaired) electrons. The smallest absolute Gasteiger partial charge is 0.227 e. The van der Waals surface area contributed by atoms with Crippen LogP contribution in [0, 0.1) is 11.3 Å². The second-order valence-corrected chi connectivity index (χ2v) is 5.46. The molecule has 0 aromatic heterocycles. The van der Waals surface area contributed by atoms with Crippen molar-refractivity contribution in [1.82, 2.24) is 10.2 Å². The second-order valence-electron chi connectivity index (χ2n) is 5.46. The highest BCUT2D eigenvalue weighted by Crippen LogP contribution is 2.40. The molecule has 0 aromatic carbocycles. The first-order valence-corrected chi connectivity index (χ1v) is 6.33. The Morgan fingerprint density at radius 2 is 2.31 bits per heavy atom. The number of likely N-dealkylation sites (tertiary alicyclic amines) is 1. The molecule has 1 amide bonds. The number of hydrogen-bond donors (Lipinski definition) is 2. The van der Waals surface area contributed by atoms with Gasteiger partial charge in [-0.05, 0) is 38.8 Å². The van der Waals surface area contributed by atoms with E-state index in [0.717, 1.165) is 38.9 Å². The largest absolute Gasteiger partial charge is 0.355 e. The van der Waals surface area contributed by atoms with Gasteiger partial charge in [0.1, 0.15) is 0 Å². The summed E-state index contributed by atoms with van der Waals surface area (Å²) in [4.78, 5) is 14.3. The van der Waals surface area contributed by atoms with E-state index in [9.17, 15) is 4.79 Å². The van der Waals surface area contributed by atoms with Gasteiger partial charge in [-0.25, -0.2) is 0 Å². The zero-order chi connectivity index (χ0) is 11.6. The second kappa shape index (κ2) is 4.72. The number of nitrogens with two attached hydrogens (primary N) is 1. The van der Waals surface area contributed by atoms with Crippen molar-refractivity contribution in [1.29, 1.82) is 0 Å². The van der Waals surface area contributed by atoms with Crippen molar-refractivity contribution in [2.75, 3.05) is 33.2 Å². The summed E-state index contributed by atoms with van der Waals surface area (Å²) in [5.74, 6) is 0.819. The minimum Gasteiger partial charge on any atom is -0.355 e. The van der Waals surface area contributed by atoms with E-state index in [4.69, 9.17) is 5.73 Å². The number of hydrogen-bond acceptors (Lipinski definition) is 3. The minimum atomic E-state index is -0.218. The molecule has 16 heavy (non-hydrogen) atoms. The van der Waals surface area contributed by atoms with Crippen LogP contribution in [0.5, 0.6) is 0 Å². The van der Waals surface area contributed by atoms with E-state index in [0.29, 0.717) is 12.5 Å². The first kappa shape index (κ1) is 11.9. The quantitative estimate of drug-likeness (QED) is 0.718. The molecule has 92 valence electrons. The normalized spacial score (nSPS) is 28.8. The van der Waals surface area contributed by atoms with Gasteiger partial charge in [0.05, 0.1) is 5.41 Å². The van der Waals surface area contributed by atoms with E-state index < -0.39 is 0 Å². The van der Waals surface area contributed by atoms with Crippen LogP contribution < -0.4 is 11.1 Å². The van der Waals surface area contributed by atoms with E-state index in [1.54, 1.807) is 0 Å². The van der Waals surface area contributed by atoms with Gasteiger partial charge in [0.25, 0.3) is 0 Å². The highest BCUT2D eigenvalue weighted by Gasteiger charge is 2.42. The van der Waals surface area contributed by atoms with E-state index in [1.807, 2.05) is 0 Å². The highest BCUT2D eigenvalue weighted by molar-refractivity contribution is 5.83. The van der Waals surface area contributed by atoms with Gasteiger partial charge in [-0.3, -0.25) is 4.79 Å². The zero-order valence-electron chi connectivity index (χ0n) is 10.2. The number of carbonyl (C=O) groups is 1. The number of amides is 1. The number of nitrogens with one attached hydrogen (secondary N) is 1. The fraction of sp³-hybridized carbons (Fsp3) is 0.917. The Kier molecular flexibility index (Phi) is 3.50. The molecule has 1 heterocycles. The van der Waals surface area contributed by atoms with Gasteiger partial charge in [-0.2, -0.15) is 0 Å². The van der Waals surface area contributed by atoms with Crippen molar-refractivity contribution < 1.29 is 4.79 Å². The maximum atomic E-state index is 12.0. The summed E-state index contributed by atoms with van der Waals surface area (Å²) in [5.41, 5.74) is 5.49. The fourth-order valence-electron chi connectivity index (χ4n) is 2.74. The lowest BCUT2D eigenvalue weighted by atomic mass is 9.68. The van der Waals surface area contributed by atoms with Crippen LogP contribution >= 0.6 is 0 Å². The average molecular weight is 225 g/mol. The number of carbonyl (C=O) groups excluding carboxylic acids is 1. The van der Waals surface area contributed by atoms with Gasteiger partial charge < -0.3 is 16.0 Å². The average Bonchev–Trinajstić information content (AvgIpc) is 2.60. The van der Waals surface area contributed by atoms with Gasteiger partial charge in [-0.15, -0.1) is 0 Å². The standard InChI is InChI=1S/C12H23N3O/c1-15-6-3-10(8-15)7-14-11(16)12(9-13)4-2-5-12/h10H,2-9,13H2,1H3,(H,14,16). The molecule has 4 heteroatoms. The summed E-state index contributed by atoms with van der Waals surface area (Å²) < 4.78 is 0. The van der Waals surface area contributed by atoms with Gasteiger partial charge in [0.15, 0.2) is 0 Å². The van der Waals surface area contributed by atoms with Crippen LogP contribution in [0.15, 0.2) is 0 Å². The van der Waals surface area contributed by atoms with Crippen LogP contribution in [0.4, 0.5) is 0 Å². The van der Waals surface area contributed by atoms with Crippen molar-refractivity contribution in [2.45, 2.75) is 25.7 Å². The van der Waals surface area contributed by atoms with Crippen molar-refractivity contribution >= 4 is 5.91 Å². The van der Waals surface area contributed by atoms with Gasteiger partial charge >= 0.3 is 0 Å². The first-order chi connectivity index (χ1) is 7.66. The molecule has 2 fully saturated rings. The fourth-order valence-corrected chi connectivity index (χ4v) is 2.74. The summed E-state index contributed by atoms with van der Waals surface area (Å²) in [6, 6.07) is 0. The van der Waals surface area contributed by atoms with Gasteiger partial charge in [0, 0.05) is 19.6 Å². The monoisotopic (exact) mass is 225 g/mol. The number of rotatable bonds is 4. The lowest BCUT2D eigenvalue weighted by Gasteiger charge is -2.39. The van der Waals surface area contributed by atoms with E-state index >= 15 is 0 Å². The van der Waals surface area contributed by atoms with E-state index in [2.05, 4.69) is 17.3 Å². The molecule has 1 saturated carbocycles. The maximum Gasteiger partial charge on any atom is 0.227 e. The first-order valence-electron chi connectivity index (χ1n) is 6.33. The molecular weight excluding hydrogens is 202 g/mol. The molecule has 0 aromatic rings. The lowest BCUT2D eigenvalue weighted by Crippen LogP contribution is -2.51. The van der Waals surface area contributed by atoms with Crippen molar-refractivity contribution in [3.8, 4) is 0 Å². The Labute approximate surface area is 97.6 Å². The SMILES string of the molecule is CN1CCC(CNC(=O)C2(CN)CCC2)C1. The molecule has 2 rings (SSSR count). The van der Waals surface area contributed by atoms with Crippen LogP contribution in [0.1, 0.15) is 25.7 Å². The summed E-state index contributed by atoms with van der Waals surface area (Å²) >= 11 is 0. The summed E-state index contributed by atoms with van der Waals surface area (Å²) in [6.45, 7) is 3.59. The molecule has 0 spiro atoms. The third-order valence-corrected chi connectivity index (χ3v) is 4.22. The number of nitrogens with zero attached hydrogens (tertiary/aromatic N) is 1. The van der Waals surface area contributed by atoms with Crippen LogP contribution in [-0.2, 0) is 4.79 Å². The third kappa shape index (κ3) is 2.23. The Morgan fingerprint density at radius 1 is 1.56 bits per heavy atom. The predicted octanol–water partition coefficient (Wildman–Crippen LogP) is 0.183. The third-order valence-electron chi connectivity index (χ3n) is 4.22. The molecule has 1 unspecified atom stereocenters. The van der Waals surface area contributed by atoms with E-state index in [-0.39, 0.29) is 11.3 Å². The van der Waals surface area contributed by atoms with Gasteiger partial charge in [-0.1, -0.05) is 6.42 Å². The summed E-state index contributed by atoms with van der Waals surface area (Å²) in [5, 5.41) is 3.09. The maximum absolute atomic E-state index is 12.0. The Hall–Kier alpha value is -0.610. The highest BCUT2D eigenvalue weighted by atomic mass is 16.2. The molecule has 1 atom stereocenters. The zero-order valence-corrected chi connectivity index (χ0v) is 10.2. The Bertz CT molecular complexity index is 257. The molecule has 0 bridgehead atoms. The molecular formula is C12H23N3O. The molecule has 1 saturated heterocycles. The van der Waals surface area contributed by atoms with Gasteiger partial charge in [0.2, 0.25) is 5.91 Å². The van der Waals surface area contributed by atoms with Crippen molar-refractivity contribution in [3.63, 3.8) is 0 Å². The van der Waals surface area contributed by atoms with Crippen LogP contribution in [0.3, 0.4) is 0 Å². The lowest BCUT2D eigenvalue weighted by molar-refractivity contribution is -0.135. The molecule has 4 nitrogen and oxygen atoms in total. The summed E-state index contributed by atoms with van der Waals surface area (Å²) in [7, 11) is 2.13. The molecule has 3 N–H and O–H groups in total. The predicted molar refractivity (Wildman–Crippen MR) is 64.0 cm³/mol. The van der Waals surface area contributed by atoms with Crippen LogP contribution in [0.25, 0.3) is 0 Å². The molecule has 2 aliphatic rings. The molecule has 1 aliphatic heterocycles. The van der Waals surface area contributed by atoms with Crippen LogP contribution in [0.2, 0.25) is 0 Å². The topological polar surface area (TPSA) is 58.4 Å². The van der Waals surface area contributed by atoms with E-state index in [1.165, 1.54) is 6.42 Å². The minimum absolute atomic E-state index is 0.191. The van der Waals surface area contributed by atoms with Crippen LogP contribution in [-0.4, -0.2) is 44.0 Å². The Morgan fingerprint density at radius 3 is 2.75 bits per heavy atom. The Balaban J connectivity index is 1.75. The van der Waals surface area contributed by atoms with Crippen molar-refractivity contribution in [3.05, 3.63) is 0 Å².